The Balaban J connectivity index is 1.45. The molecule has 2 heterocycles. The molecule has 146 valence electrons. The van der Waals surface area contributed by atoms with Crippen LogP contribution in [0.1, 0.15) is 21.6 Å². The molecule has 7 nitrogen and oxygen atoms in total. The fourth-order valence-corrected chi connectivity index (χ4v) is 4.34. The molecule has 0 aliphatic heterocycles. The summed E-state index contributed by atoms with van der Waals surface area (Å²) in [6, 6.07) is 15.3. The van der Waals surface area contributed by atoms with Gasteiger partial charge in [-0.1, -0.05) is 41.6 Å². The third-order valence-corrected chi connectivity index (χ3v) is 6.07. The molecule has 0 radical (unpaired) electrons. The van der Waals surface area contributed by atoms with Gasteiger partial charge in [0.15, 0.2) is 0 Å². The Bertz CT molecular complexity index is 1120. The van der Waals surface area contributed by atoms with Gasteiger partial charge in [0, 0.05) is 16.7 Å². The van der Waals surface area contributed by atoms with E-state index in [0.29, 0.717) is 16.5 Å². The van der Waals surface area contributed by atoms with E-state index in [1.165, 1.54) is 24.4 Å². The van der Waals surface area contributed by atoms with E-state index in [9.17, 15) is 4.79 Å². The second-order valence-electron chi connectivity index (χ2n) is 6.21. The van der Waals surface area contributed by atoms with E-state index in [-0.39, 0.29) is 5.97 Å². The highest BCUT2D eigenvalue weighted by Crippen LogP contribution is 2.28. The molecule has 0 spiro atoms. The van der Waals surface area contributed by atoms with Crippen molar-refractivity contribution in [3.05, 3.63) is 70.7 Å². The smallest absolute Gasteiger partial charge is 0.337 e. The zero-order valence-corrected chi connectivity index (χ0v) is 17.4. The monoisotopic (exact) mass is 423 g/mol. The Morgan fingerprint density at radius 1 is 1.14 bits per heavy atom. The number of aromatic nitrogens is 5. The fourth-order valence-electron chi connectivity index (χ4n) is 2.63. The second kappa shape index (κ2) is 8.54. The van der Waals surface area contributed by atoms with Crippen LogP contribution >= 0.6 is 23.1 Å². The Kier molecular flexibility index (Phi) is 5.68. The molecule has 2 aromatic heterocycles. The Morgan fingerprint density at radius 2 is 1.90 bits per heavy atom. The maximum absolute atomic E-state index is 11.6. The van der Waals surface area contributed by atoms with Crippen molar-refractivity contribution in [2.45, 2.75) is 17.8 Å². The lowest BCUT2D eigenvalue weighted by molar-refractivity contribution is 0.0601. The Hall–Kier alpha value is -3.04. The van der Waals surface area contributed by atoms with Gasteiger partial charge in [-0.15, -0.1) is 16.4 Å². The molecular weight excluding hydrogens is 406 g/mol. The molecule has 2 aromatic carbocycles. The van der Waals surface area contributed by atoms with E-state index in [1.807, 2.05) is 48.7 Å². The van der Waals surface area contributed by atoms with Gasteiger partial charge >= 0.3 is 5.97 Å². The van der Waals surface area contributed by atoms with Crippen molar-refractivity contribution in [2.24, 2.45) is 0 Å². The SMILES string of the molecule is COC(=O)c1ccc(-c2nc(CSc3nnnn3-c3ccc(C)cc3)cs2)cc1. The second-order valence-corrected chi connectivity index (χ2v) is 8.01. The van der Waals surface area contributed by atoms with Crippen LogP contribution in [0, 0.1) is 6.92 Å². The molecule has 9 heteroatoms. The molecule has 0 saturated carbocycles. The molecule has 4 aromatic rings. The molecule has 4 rings (SSSR count). The fraction of sp³-hybridized carbons (Fsp3) is 0.150. The van der Waals surface area contributed by atoms with Crippen LogP contribution in [-0.2, 0) is 10.5 Å². The number of benzene rings is 2. The molecular formula is C20H17N5O2S2. The summed E-state index contributed by atoms with van der Waals surface area (Å²) in [6.45, 7) is 2.04. The molecule has 29 heavy (non-hydrogen) atoms. The number of rotatable bonds is 6. The summed E-state index contributed by atoms with van der Waals surface area (Å²) in [7, 11) is 1.37. The quantitative estimate of drug-likeness (QED) is 0.340. The number of carbonyl (C=O) groups is 1. The molecule has 0 N–H and O–H groups in total. The van der Waals surface area contributed by atoms with Crippen LogP contribution in [0.3, 0.4) is 0 Å². The maximum Gasteiger partial charge on any atom is 0.337 e. The number of nitrogens with zero attached hydrogens (tertiary/aromatic N) is 5. The number of hydrogen-bond donors (Lipinski definition) is 0. The van der Waals surface area contributed by atoms with Gasteiger partial charge in [-0.3, -0.25) is 0 Å². The molecule has 0 aliphatic carbocycles. The first-order chi connectivity index (χ1) is 14.1. The number of ether oxygens (including phenoxy) is 1. The lowest BCUT2D eigenvalue weighted by atomic mass is 10.1. The Morgan fingerprint density at radius 3 is 2.62 bits per heavy atom. The number of thioether (sulfide) groups is 1. The van der Waals surface area contributed by atoms with Gasteiger partial charge in [-0.25, -0.2) is 9.78 Å². The van der Waals surface area contributed by atoms with Crippen LogP contribution in [-0.4, -0.2) is 38.3 Å². The van der Waals surface area contributed by atoms with E-state index in [1.54, 1.807) is 28.2 Å². The molecule has 0 unspecified atom stereocenters. The number of aryl methyl sites for hydroxylation is 1. The highest BCUT2D eigenvalue weighted by molar-refractivity contribution is 7.98. The number of carbonyl (C=O) groups excluding carboxylic acids is 1. The number of methoxy groups -OCH3 is 1. The topological polar surface area (TPSA) is 82.8 Å². The van der Waals surface area contributed by atoms with Crippen LogP contribution < -0.4 is 0 Å². The van der Waals surface area contributed by atoms with Gasteiger partial charge < -0.3 is 4.74 Å². The predicted molar refractivity (Wildman–Crippen MR) is 112 cm³/mol. The maximum atomic E-state index is 11.6. The summed E-state index contributed by atoms with van der Waals surface area (Å²) in [4.78, 5) is 16.2. The van der Waals surface area contributed by atoms with Crippen molar-refractivity contribution < 1.29 is 9.53 Å². The van der Waals surface area contributed by atoms with Gasteiger partial charge in [0.1, 0.15) is 5.01 Å². The van der Waals surface area contributed by atoms with E-state index in [4.69, 9.17) is 9.72 Å². The molecule has 0 amide bonds. The summed E-state index contributed by atoms with van der Waals surface area (Å²) in [5.74, 6) is 0.308. The van der Waals surface area contributed by atoms with Gasteiger partial charge in [-0.2, -0.15) is 4.68 Å². The first-order valence-electron chi connectivity index (χ1n) is 8.75. The van der Waals surface area contributed by atoms with Crippen LogP contribution in [0.25, 0.3) is 16.3 Å². The minimum Gasteiger partial charge on any atom is -0.465 e. The lowest BCUT2D eigenvalue weighted by Crippen LogP contribution is -2.00. The average Bonchev–Trinajstić information content (AvgIpc) is 3.42. The van der Waals surface area contributed by atoms with E-state index < -0.39 is 0 Å². The number of hydrogen-bond acceptors (Lipinski definition) is 8. The zero-order chi connectivity index (χ0) is 20.2. The van der Waals surface area contributed by atoms with Crippen LogP contribution in [0.4, 0.5) is 0 Å². The van der Waals surface area contributed by atoms with E-state index >= 15 is 0 Å². The standard InChI is InChI=1S/C20H17N5O2S2/c1-13-3-9-17(10-4-13)25-20(22-23-24-25)29-12-16-11-28-18(21-16)14-5-7-15(8-6-14)19(26)27-2/h3-11H,12H2,1-2H3. The summed E-state index contributed by atoms with van der Waals surface area (Å²) in [6.07, 6.45) is 0. The predicted octanol–water partition coefficient (Wildman–Crippen LogP) is 4.17. The van der Waals surface area contributed by atoms with Crippen molar-refractivity contribution in [2.75, 3.05) is 7.11 Å². The van der Waals surface area contributed by atoms with Crippen molar-refractivity contribution in [3.8, 4) is 16.3 Å². The van der Waals surface area contributed by atoms with Crippen LogP contribution in [0.5, 0.6) is 0 Å². The minimum absolute atomic E-state index is 0.348. The van der Waals surface area contributed by atoms with Crippen molar-refractivity contribution in [3.63, 3.8) is 0 Å². The zero-order valence-electron chi connectivity index (χ0n) is 15.8. The van der Waals surface area contributed by atoms with E-state index in [2.05, 4.69) is 15.5 Å². The largest absolute Gasteiger partial charge is 0.465 e. The van der Waals surface area contributed by atoms with E-state index in [0.717, 1.165) is 22.0 Å². The number of esters is 1. The first kappa shape index (κ1) is 19.3. The van der Waals surface area contributed by atoms with Gasteiger partial charge in [0.2, 0.25) is 5.16 Å². The van der Waals surface area contributed by atoms with Gasteiger partial charge in [0.25, 0.3) is 0 Å². The summed E-state index contributed by atoms with van der Waals surface area (Å²) in [5, 5.41) is 15.7. The Labute approximate surface area is 175 Å². The summed E-state index contributed by atoms with van der Waals surface area (Å²) < 4.78 is 6.45. The summed E-state index contributed by atoms with van der Waals surface area (Å²) >= 11 is 3.10. The van der Waals surface area contributed by atoms with Gasteiger partial charge in [-0.05, 0) is 41.6 Å². The molecule has 0 bridgehead atoms. The first-order valence-corrected chi connectivity index (χ1v) is 10.6. The van der Waals surface area contributed by atoms with Crippen LogP contribution in [0.15, 0.2) is 59.1 Å². The molecule has 0 aliphatic rings. The molecule has 0 atom stereocenters. The minimum atomic E-state index is -0.348. The highest BCUT2D eigenvalue weighted by Gasteiger charge is 2.12. The van der Waals surface area contributed by atoms with Crippen molar-refractivity contribution >= 4 is 29.1 Å². The van der Waals surface area contributed by atoms with Crippen molar-refractivity contribution in [1.29, 1.82) is 0 Å². The van der Waals surface area contributed by atoms with Crippen molar-refractivity contribution in [1.82, 2.24) is 25.2 Å². The molecule has 0 fully saturated rings. The average molecular weight is 424 g/mol. The molecule has 0 saturated heterocycles. The third kappa shape index (κ3) is 4.36. The summed E-state index contributed by atoms with van der Waals surface area (Å²) in [5.41, 5.74) is 4.54. The van der Waals surface area contributed by atoms with Crippen LogP contribution in [0.2, 0.25) is 0 Å². The number of thiazole rings is 1. The highest BCUT2D eigenvalue weighted by atomic mass is 32.2. The third-order valence-electron chi connectivity index (χ3n) is 4.17. The normalized spacial score (nSPS) is 10.8. The van der Waals surface area contributed by atoms with Gasteiger partial charge in [0.05, 0.1) is 24.1 Å². The number of tetrazole rings is 1. The lowest BCUT2D eigenvalue weighted by Gasteiger charge is -2.04.